The minimum absolute atomic E-state index is 0.0524. The Labute approximate surface area is 229 Å². The maximum absolute atomic E-state index is 15.0. The summed E-state index contributed by atoms with van der Waals surface area (Å²) in [6.07, 6.45) is 6.15. The Bertz CT molecular complexity index is 1490. The quantitative estimate of drug-likeness (QED) is 0.195. The fourth-order valence-electron chi connectivity index (χ4n) is 4.23. The lowest BCUT2D eigenvalue weighted by molar-refractivity contribution is -0.143. The average Bonchev–Trinajstić information content (AvgIpc) is 2.93. The number of carbonyl (C=O) groups excluding carboxylic acids is 2. The Morgan fingerprint density at radius 2 is 1.64 bits per heavy atom. The van der Waals surface area contributed by atoms with Crippen molar-refractivity contribution < 1.29 is 23.9 Å². The molecule has 4 N–H and O–H groups in total. The second-order valence-electron chi connectivity index (χ2n) is 8.96. The van der Waals surface area contributed by atoms with Crippen molar-refractivity contribution in [3.63, 3.8) is 0 Å². The van der Waals surface area contributed by atoms with Crippen LogP contribution in [0.5, 0.6) is 0 Å². The summed E-state index contributed by atoms with van der Waals surface area (Å²) in [5, 5.41) is 23.1. The van der Waals surface area contributed by atoms with E-state index in [1.807, 2.05) is 0 Å². The zero-order valence-electron chi connectivity index (χ0n) is 20.6. The van der Waals surface area contributed by atoms with Crippen LogP contribution in [0.2, 0.25) is 5.02 Å². The highest BCUT2D eigenvalue weighted by atomic mass is 35.5. The van der Waals surface area contributed by atoms with Crippen LogP contribution in [0.25, 0.3) is 0 Å². The maximum atomic E-state index is 15.0. The van der Waals surface area contributed by atoms with Gasteiger partial charge in [-0.3, -0.25) is 19.8 Å². The molecule has 1 aliphatic rings. The summed E-state index contributed by atoms with van der Waals surface area (Å²) in [6.45, 7) is 0.740. The molecule has 4 rings (SSSR count). The number of benzene rings is 3. The van der Waals surface area contributed by atoms with Gasteiger partial charge in [-0.25, -0.2) is 4.39 Å². The Kier molecular flexibility index (Phi) is 8.27. The zero-order chi connectivity index (χ0) is 28.1. The third-order valence-corrected chi connectivity index (χ3v) is 6.67. The van der Waals surface area contributed by atoms with Crippen LogP contribution >= 0.6 is 11.6 Å². The summed E-state index contributed by atoms with van der Waals surface area (Å²) in [4.78, 5) is 38.8. The molecule has 10 heteroatoms. The van der Waals surface area contributed by atoms with Gasteiger partial charge in [-0.15, -0.1) is 6.42 Å². The Morgan fingerprint density at radius 1 is 0.974 bits per heavy atom. The lowest BCUT2D eigenvalue weighted by Gasteiger charge is -2.32. The van der Waals surface area contributed by atoms with Gasteiger partial charge in [-0.2, -0.15) is 0 Å². The van der Waals surface area contributed by atoms with Crippen molar-refractivity contribution in [3.8, 4) is 12.3 Å². The minimum atomic E-state index is -0.859. The molecule has 8 nitrogen and oxygen atoms in total. The number of carbonyl (C=O) groups is 3. The van der Waals surface area contributed by atoms with Gasteiger partial charge in [0.15, 0.2) is 0 Å². The predicted molar refractivity (Wildman–Crippen MR) is 147 cm³/mol. The number of carboxylic acids is 1. The van der Waals surface area contributed by atoms with Crippen LogP contribution in [0.4, 0.5) is 15.8 Å². The first-order chi connectivity index (χ1) is 18.7. The van der Waals surface area contributed by atoms with Gasteiger partial charge in [0.1, 0.15) is 11.7 Å². The van der Waals surface area contributed by atoms with Crippen molar-refractivity contribution in [3.05, 3.63) is 93.8 Å². The molecule has 198 valence electrons. The van der Waals surface area contributed by atoms with Crippen molar-refractivity contribution in [1.82, 2.24) is 4.90 Å². The van der Waals surface area contributed by atoms with Crippen molar-refractivity contribution in [1.29, 1.82) is 5.41 Å². The first-order valence-corrected chi connectivity index (χ1v) is 12.4. The lowest BCUT2D eigenvalue weighted by atomic mass is 9.96. The number of rotatable bonds is 6. The predicted octanol–water partition coefficient (Wildman–Crippen LogP) is 5.09. The molecule has 0 saturated carbocycles. The number of amidine groups is 1. The van der Waals surface area contributed by atoms with Crippen molar-refractivity contribution >= 4 is 46.6 Å². The third kappa shape index (κ3) is 6.43. The standard InChI is InChI=1S/C29H24ClFN4O4/c1-2-17-3-7-21(8-4-17)33-28(37)23-16-20(30)6-10-25(23)34-27(36)22-9-5-19(15-24(22)31)26(32)35-13-11-18(12-14-35)29(38)39/h1,3-10,15-16,18,32H,11-14H2,(H,33,37)(H,34,36)(H,38,39). The van der Waals surface area contributed by atoms with Gasteiger partial charge in [0.05, 0.1) is 22.7 Å². The van der Waals surface area contributed by atoms with Crippen molar-refractivity contribution in [2.45, 2.75) is 12.8 Å². The second kappa shape index (κ2) is 11.8. The molecule has 2 amide bonds. The molecule has 1 fully saturated rings. The molecule has 0 bridgehead atoms. The molecular weight excluding hydrogens is 523 g/mol. The van der Waals surface area contributed by atoms with Crippen molar-refractivity contribution in [2.24, 2.45) is 5.92 Å². The summed E-state index contributed by atoms with van der Waals surface area (Å²) in [5.41, 5.74) is 1.31. The first-order valence-electron chi connectivity index (χ1n) is 12.0. The van der Waals surface area contributed by atoms with Gasteiger partial charge < -0.3 is 20.6 Å². The molecule has 3 aromatic carbocycles. The van der Waals surface area contributed by atoms with Crippen LogP contribution in [-0.2, 0) is 4.79 Å². The number of halogens is 2. The van der Waals surface area contributed by atoms with Crippen LogP contribution in [0.15, 0.2) is 60.7 Å². The monoisotopic (exact) mass is 546 g/mol. The highest BCUT2D eigenvalue weighted by molar-refractivity contribution is 6.31. The molecule has 3 aromatic rings. The third-order valence-electron chi connectivity index (χ3n) is 6.43. The molecule has 0 aromatic heterocycles. The van der Waals surface area contributed by atoms with Crippen LogP contribution < -0.4 is 10.6 Å². The topological polar surface area (TPSA) is 123 Å². The van der Waals surface area contributed by atoms with E-state index < -0.39 is 29.5 Å². The van der Waals surface area contributed by atoms with Crippen molar-refractivity contribution in [2.75, 3.05) is 23.7 Å². The number of likely N-dealkylation sites (tertiary alicyclic amines) is 1. The van der Waals surface area contributed by atoms with Gasteiger partial charge in [0.25, 0.3) is 11.8 Å². The Morgan fingerprint density at radius 3 is 2.26 bits per heavy atom. The summed E-state index contributed by atoms with van der Waals surface area (Å²) < 4.78 is 15.0. The number of anilines is 2. The van der Waals surface area contributed by atoms with Gasteiger partial charge >= 0.3 is 5.97 Å². The van der Waals surface area contributed by atoms with E-state index >= 15 is 4.39 Å². The van der Waals surface area contributed by atoms with Crippen LogP contribution in [0.3, 0.4) is 0 Å². The van der Waals surface area contributed by atoms with Gasteiger partial charge in [-0.05, 0) is 67.4 Å². The molecule has 0 unspecified atom stereocenters. The normalized spacial score (nSPS) is 13.3. The SMILES string of the molecule is C#Cc1ccc(NC(=O)c2cc(Cl)ccc2NC(=O)c2ccc(C(=N)N3CCC(C(=O)O)CC3)cc2F)cc1. The summed E-state index contributed by atoms with van der Waals surface area (Å²) in [7, 11) is 0. The van der Waals surface area contributed by atoms with E-state index in [1.54, 1.807) is 29.2 Å². The average molecular weight is 547 g/mol. The molecular formula is C29H24ClFN4O4. The fourth-order valence-corrected chi connectivity index (χ4v) is 4.40. The van der Waals surface area contributed by atoms with E-state index in [2.05, 4.69) is 16.6 Å². The van der Waals surface area contributed by atoms with E-state index in [0.717, 1.165) is 6.07 Å². The van der Waals surface area contributed by atoms with Crippen LogP contribution in [0, 0.1) is 29.5 Å². The van der Waals surface area contributed by atoms with E-state index in [1.165, 1.54) is 30.3 Å². The van der Waals surface area contributed by atoms with E-state index in [-0.39, 0.29) is 33.2 Å². The number of terminal acetylenes is 1. The maximum Gasteiger partial charge on any atom is 0.306 e. The van der Waals surface area contributed by atoms with Crippen LogP contribution in [-0.4, -0.2) is 46.7 Å². The minimum Gasteiger partial charge on any atom is -0.481 e. The highest BCUT2D eigenvalue weighted by Crippen LogP contribution is 2.24. The molecule has 0 atom stereocenters. The summed E-state index contributed by atoms with van der Waals surface area (Å²) in [6, 6.07) is 14.7. The van der Waals surface area contributed by atoms with E-state index in [9.17, 15) is 14.4 Å². The Balaban J connectivity index is 1.48. The number of nitrogens with zero attached hydrogens (tertiary/aromatic N) is 1. The molecule has 39 heavy (non-hydrogen) atoms. The number of hydrogen-bond acceptors (Lipinski definition) is 4. The summed E-state index contributed by atoms with van der Waals surface area (Å²) in [5.74, 6) is -0.950. The molecule has 0 aliphatic carbocycles. The molecule has 1 heterocycles. The van der Waals surface area contributed by atoms with Gasteiger partial charge in [-0.1, -0.05) is 23.6 Å². The molecule has 0 radical (unpaired) electrons. The zero-order valence-corrected chi connectivity index (χ0v) is 21.4. The first kappa shape index (κ1) is 27.4. The molecule has 1 aliphatic heterocycles. The van der Waals surface area contributed by atoms with Gasteiger partial charge in [0, 0.05) is 34.9 Å². The van der Waals surface area contributed by atoms with Crippen LogP contribution in [0.1, 0.15) is 44.7 Å². The number of piperidine rings is 1. The second-order valence-corrected chi connectivity index (χ2v) is 9.40. The summed E-state index contributed by atoms with van der Waals surface area (Å²) >= 11 is 6.09. The number of carboxylic acid groups (broad SMARTS) is 1. The number of aliphatic carboxylic acids is 1. The number of hydrogen-bond donors (Lipinski definition) is 4. The fraction of sp³-hybridized carbons (Fsp3) is 0.172. The lowest BCUT2D eigenvalue weighted by Crippen LogP contribution is -2.40. The van der Waals surface area contributed by atoms with Gasteiger partial charge in [0.2, 0.25) is 0 Å². The van der Waals surface area contributed by atoms with E-state index in [0.29, 0.717) is 37.2 Å². The largest absolute Gasteiger partial charge is 0.481 e. The number of amides is 2. The number of nitrogens with one attached hydrogen (secondary N) is 3. The smallest absolute Gasteiger partial charge is 0.306 e. The molecule has 1 saturated heterocycles. The highest BCUT2D eigenvalue weighted by Gasteiger charge is 2.26. The van der Waals surface area contributed by atoms with E-state index in [4.69, 9.17) is 28.5 Å². The molecule has 0 spiro atoms. The Hall–Kier alpha value is -4.68.